The summed E-state index contributed by atoms with van der Waals surface area (Å²) in [4.78, 5) is 18.4. The number of hydrogen-bond acceptors (Lipinski definition) is 9. The maximum Gasteiger partial charge on any atom is 0.229 e. The van der Waals surface area contributed by atoms with Crippen LogP contribution in [-0.4, -0.2) is 57.2 Å². The summed E-state index contributed by atoms with van der Waals surface area (Å²) in [6.45, 7) is 8.47. The van der Waals surface area contributed by atoms with Crippen molar-refractivity contribution in [1.29, 1.82) is 5.26 Å². The van der Waals surface area contributed by atoms with E-state index in [1.165, 1.54) is 11.9 Å². The molecule has 5 rings (SSSR count). The number of piperazine rings is 1. The van der Waals surface area contributed by atoms with Gasteiger partial charge in [0.15, 0.2) is 5.82 Å². The topological polar surface area (TPSA) is 113 Å². The second-order valence-electron chi connectivity index (χ2n) is 10.2. The maximum atomic E-state index is 10.9. The van der Waals surface area contributed by atoms with Crippen molar-refractivity contribution in [3.63, 3.8) is 0 Å². The summed E-state index contributed by atoms with van der Waals surface area (Å²) in [5.74, 6) is 1.28. The van der Waals surface area contributed by atoms with Crippen molar-refractivity contribution < 1.29 is 5.11 Å². The van der Waals surface area contributed by atoms with Gasteiger partial charge in [0.05, 0.1) is 11.9 Å². The zero-order chi connectivity index (χ0) is 26.2. The molecule has 0 amide bonds. The van der Waals surface area contributed by atoms with Crippen LogP contribution in [0.3, 0.4) is 0 Å². The molecule has 9 nitrogen and oxygen atoms in total. The van der Waals surface area contributed by atoms with Gasteiger partial charge in [0.25, 0.3) is 0 Å². The number of aliphatic hydroxyl groups is 1. The van der Waals surface area contributed by atoms with E-state index in [2.05, 4.69) is 74.5 Å². The Balaban J connectivity index is 1.32. The lowest BCUT2D eigenvalue weighted by Crippen LogP contribution is -2.55. The van der Waals surface area contributed by atoms with Gasteiger partial charge in [-0.25, -0.2) is 9.97 Å². The smallest absolute Gasteiger partial charge is 0.229 e. The number of anilines is 5. The first-order chi connectivity index (χ1) is 17.8. The predicted octanol–water partition coefficient (Wildman–Crippen LogP) is 4.30. The molecule has 1 fully saturated rings. The molecule has 0 bridgehead atoms. The highest BCUT2D eigenvalue weighted by molar-refractivity contribution is 5.65. The first-order valence-electron chi connectivity index (χ1n) is 12.9. The average molecular weight is 499 g/mol. The molecule has 0 radical (unpaired) electrons. The lowest BCUT2D eigenvalue weighted by atomic mass is 9.98. The highest BCUT2D eigenvalue weighted by Crippen LogP contribution is 2.38. The van der Waals surface area contributed by atoms with Crippen LogP contribution in [0.25, 0.3) is 0 Å². The Morgan fingerprint density at radius 2 is 1.81 bits per heavy atom. The number of likely N-dealkylation sites (N-methyl/N-ethyl adjacent to an activating group) is 1. The molecular weight excluding hydrogens is 464 g/mol. The molecule has 2 aromatic heterocycles. The van der Waals surface area contributed by atoms with Crippen molar-refractivity contribution in [1.82, 2.24) is 19.9 Å². The van der Waals surface area contributed by atoms with E-state index < -0.39 is 5.60 Å². The van der Waals surface area contributed by atoms with Crippen LogP contribution in [0.5, 0.6) is 0 Å². The van der Waals surface area contributed by atoms with Crippen LogP contribution in [-0.2, 0) is 12.0 Å². The Morgan fingerprint density at radius 1 is 1.08 bits per heavy atom. The highest BCUT2D eigenvalue weighted by Gasteiger charge is 2.36. The molecule has 1 unspecified atom stereocenters. The molecule has 9 heteroatoms. The molecule has 1 aliphatic carbocycles. The van der Waals surface area contributed by atoms with Crippen LogP contribution in [0.15, 0.2) is 42.6 Å². The van der Waals surface area contributed by atoms with Crippen molar-refractivity contribution in [2.75, 3.05) is 35.7 Å². The van der Waals surface area contributed by atoms with Gasteiger partial charge in [-0.1, -0.05) is 13.0 Å². The van der Waals surface area contributed by atoms with Gasteiger partial charge in [-0.3, -0.25) is 4.90 Å². The molecule has 1 aliphatic heterocycles. The minimum Gasteiger partial charge on any atom is -0.384 e. The Hall–Kier alpha value is -3.74. The number of aromatic nitrogens is 3. The maximum absolute atomic E-state index is 10.9. The standard InChI is InChI=1S/C28H34N8O/c1-5-28(37)13-12-20-6-11-24(32-25(20)28)33-26-21(14-29)15-30-27(34-26)31-22-7-9-23(10-8-22)36-16-18(2)35(4)19(3)17-36/h6-11,15,18-19,37H,5,12-13,16-17H2,1-4H3,(H2,30,31,32,33,34)/t18-,19+,28?. The molecule has 3 aromatic rings. The second-order valence-corrected chi connectivity index (χ2v) is 10.2. The van der Waals surface area contributed by atoms with Crippen LogP contribution < -0.4 is 15.5 Å². The van der Waals surface area contributed by atoms with Crippen molar-refractivity contribution >= 4 is 29.0 Å². The molecular formula is C28H34N8O. The quantitative estimate of drug-likeness (QED) is 0.458. The number of pyridine rings is 1. The molecule has 0 spiro atoms. The van der Waals surface area contributed by atoms with Gasteiger partial charge >= 0.3 is 0 Å². The molecule has 0 saturated carbocycles. The fourth-order valence-corrected chi connectivity index (χ4v) is 5.21. The van der Waals surface area contributed by atoms with Crippen LogP contribution in [0, 0.1) is 11.3 Å². The van der Waals surface area contributed by atoms with E-state index in [-0.39, 0.29) is 0 Å². The van der Waals surface area contributed by atoms with Gasteiger partial charge in [0.1, 0.15) is 23.1 Å². The van der Waals surface area contributed by atoms with Gasteiger partial charge < -0.3 is 20.6 Å². The van der Waals surface area contributed by atoms with Crippen molar-refractivity contribution in [2.24, 2.45) is 0 Å². The third-order valence-corrected chi connectivity index (χ3v) is 7.82. The largest absolute Gasteiger partial charge is 0.384 e. The summed E-state index contributed by atoms with van der Waals surface area (Å²) in [6, 6.07) is 15.2. The Bertz CT molecular complexity index is 1310. The summed E-state index contributed by atoms with van der Waals surface area (Å²) in [6.07, 6.45) is 3.58. The van der Waals surface area contributed by atoms with Crippen LogP contribution >= 0.6 is 0 Å². The van der Waals surface area contributed by atoms with E-state index in [0.29, 0.717) is 53.8 Å². The van der Waals surface area contributed by atoms with E-state index in [1.54, 1.807) is 0 Å². The number of aryl methyl sites for hydroxylation is 1. The normalized spacial score (nSPS) is 23.4. The van der Waals surface area contributed by atoms with E-state index in [4.69, 9.17) is 0 Å². The third kappa shape index (κ3) is 4.95. The van der Waals surface area contributed by atoms with E-state index in [1.807, 2.05) is 31.2 Å². The molecule has 192 valence electrons. The zero-order valence-corrected chi connectivity index (χ0v) is 21.9. The van der Waals surface area contributed by atoms with Gasteiger partial charge in [-0.15, -0.1) is 0 Å². The summed E-state index contributed by atoms with van der Waals surface area (Å²) >= 11 is 0. The summed E-state index contributed by atoms with van der Waals surface area (Å²) in [7, 11) is 2.19. The SMILES string of the molecule is CCC1(O)CCc2ccc(Nc3nc(Nc4ccc(N5C[C@@H](C)N(C)[C@@H](C)C5)cc4)ncc3C#N)nc21. The number of hydrogen-bond donors (Lipinski definition) is 3. The fourth-order valence-electron chi connectivity index (χ4n) is 5.21. The lowest BCUT2D eigenvalue weighted by Gasteiger charge is -2.43. The first-order valence-corrected chi connectivity index (χ1v) is 12.9. The van der Waals surface area contributed by atoms with Crippen molar-refractivity contribution in [3.05, 3.63) is 59.4 Å². The van der Waals surface area contributed by atoms with Gasteiger partial charge in [0, 0.05) is 36.5 Å². The summed E-state index contributed by atoms with van der Waals surface area (Å²) in [5, 5.41) is 26.9. The molecule has 1 aromatic carbocycles. The zero-order valence-electron chi connectivity index (χ0n) is 21.9. The van der Waals surface area contributed by atoms with Crippen LogP contribution in [0.1, 0.15) is 50.4 Å². The Labute approximate surface area is 218 Å². The Morgan fingerprint density at radius 3 is 2.49 bits per heavy atom. The van der Waals surface area contributed by atoms with Gasteiger partial charge in [-0.05, 0) is 76.1 Å². The summed E-state index contributed by atoms with van der Waals surface area (Å²) < 4.78 is 0. The molecule has 2 aliphatic rings. The van der Waals surface area contributed by atoms with Crippen LogP contribution in [0.4, 0.5) is 29.0 Å². The minimum atomic E-state index is -0.907. The fraction of sp³-hybridized carbons (Fsp3) is 0.429. The molecule has 3 atom stereocenters. The molecule has 37 heavy (non-hydrogen) atoms. The number of fused-ring (bicyclic) bond motifs is 1. The van der Waals surface area contributed by atoms with Gasteiger partial charge in [0.2, 0.25) is 5.95 Å². The second kappa shape index (κ2) is 9.96. The molecule has 3 N–H and O–H groups in total. The summed E-state index contributed by atoms with van der Waals surface area (Å²) in [5.41, 5.74) is 3.22. The monoisotopic (exact) mass is 498 g/mol. The number of rotatable bonds is 6. The van der Waals surface area contributed by atoms with E-state index in [0.717, 1.165) is 30.8 Å². The van der Waals surface area contributed by atoms with Crippen LogP contribution in [0.2, 0.25) is 0 Å². The third-order valence-electron chi connectivity index (χ3n) is 7.82. The minimum absolute atomic E-state index is 0.312. The number of nitriles is 1. The number of nitrogens with zero attached hydrogens (tertiary/aromatic N) is 6. The number of nitrogens with one attached hydrogen (secondary N) is 2. The van der Waals surface area contributed by atoms with Gasteiger partial charge in [-0.2, -0.15) is 10.2 Å². The van der Waals surface area contributed by atoms with E-state index in [9.17, 15) is 10.4 Å². The Kier molecular flexibility index (Phi) is 6.71. The predicted molar refractivity (Wildman–Crippen MR) is 145 cm³/mol. The number of benzene rings is 1. The molecule has 1 saturated heterocycles. The van der Waals surface area contributed by atoms with E-state index >= 15 is 0 Å². The van der Waals surface area contributed by atoms with Crippen molar-refractivity contribution in [3.8, 4) is 6.07 Å². The first kappa shape index (κ1) is 24.9. The van der Waals surface area contributed by atoms with Crippen molar-refractivity contribution in [2.45, 2.75) is 57.7 Å². The highest BCUT2D eigenvalue weighted by atomic mass is 16.3. The lowest BCUT2D eigenvalue weighted by molar-refractivity contribution is 0.0307. The average Bonchev–Trinajstić information content (AvgIpc) is 3.24. The molecule has 3 heterocycles.